The van der Waals surface area contributed by atoms with E-state index in [-0.39, 0.29) is 12.2 Å². The maximum absolute atomic E-state index is 13.5. The van der Waals surface area contributed by atoms with Crippen LogP contribution >= 0.6 is 0 Å². The average Bonchev–Trinajstić information content (AvgIpc) is 2.53. The Morgan fingerprint density at radius 2 is 1.67 bits per heavy atom. The van der Waals surface area contributed by atoms with Gasteiger partial charge in [0.1, 0.15) is 25.0 Å². The summed E-state index contributed by atoms with van der Waals surface area (Å²) in [6.07, 6.45) is 0. The lowest BCUT2D eigenvalue weighted by Crippen LogP contribution is -2.36. The molecule has 0 aliphatic heterocycles. The maximum atomic E-state index is 13.5. The molecule has 5 heteroatoms. The second kappa shape index (κ2) is 6.65. The minimum absolute atomic E-state index is 0.174. The molecule has 0 amide bonds. The normalized spacial score (nSPS) is 13.0. The third-order valence-corrected chi connectivity index (χ3v) is 3.16. The molecule has 3 nitrogen and oxygen atoms in total. The summed E-state index contributed by atoms with van der Waals surface area (Å²) < 4.78 is 32.7. The number of nitrogens with two attached hydrogens (primary N) is 1. The summed E-state index contributed by atoms with van der Waals surface area (Å²) in [4.78, 5) is 0. The minimum atomic E-state index is -3.40. The fourth-order valence-corrected chi connectivity index (χ4v) is 1.93. The molecule has 0 bridgehead atoms. The fraction of sp³-hybridized carbons (Fsp3) is 0.250. The zero-order valence-electron chi connectivity index (χ0n) is 11.4. The second-order valence-corrected chi connectivity index (χ2v) is 4.71. The molecule has 2 rings (SSSR count). The summed E-state index contributed by atoms with van der Waals surface area (Å²) in [5, 5.41) is 8.75. The van der Waals surface area contributed by atoms with Crippen LogP contribution in [-0.4, -0.2) is 17.6 Å². The van der Waals surface area contributed by atoms with Gasteiger partial charge in [-0.2, -0.15) is 0 Å². The summed E-state index contributed by atoms with van der Waals surface area (Å²) in [6, 6.07) is 14.1. The van der Waals surface area contributed by atoms with Crippen LogP contribution in [0, 0.1) is 0 Å². The molecule has 2 aromatic carbocycles. The van der Waals surface area contributed by atoms with Crippen molar-refractivity contribution in [2.24, 2.45) is 5.73 Å². The molecule has 0 aromatic heterocycles. The van der Waals surface area contributed by atoms with Crippen molar-refractivity contribution in [1.29, 1.82) is 0 Å². The number of aliphatic hydroxyl groups is 1. The zero-order valence-corrected chi connectivity index (χ0v) is 11.4. The summed E-state index contributed by atoms with van der Waals surface area (Å²) in [6.45, 7) is -1.05. The van der Waals surface area contributed by atoms with Gasteiger partial charge in [0, 0.05) is 5.56 Å². The van der Waals surface area contributed by atoms with E-state index in [0.29, 0.717) is 5.75 Å². The Labute approximate surface area is 122 Å². The number of halogens is 2. The van der Waals surface area contributed by atoms with Crippen molar-refractivity contribution in [2.45, 2.75) is 18.6 Å². The van der Waals surface area contributed by atoms with E-state index in [0.717, 1.165) is 5.56 Å². The molecule has 0 unspecified atom stereocenters. The van der Waals surface area contributed by atoms with Crippen LogP contribution in [0.25, 0.3) is 0 Å². The molecule has 0 radical (unpaired) electrons. The highest BCUT2D eigenvalue weighted by atomic mass is 19.3. The third kappa shape index (κ3) is 3.77. The van der Waals surface area contributed by atoms with E-state index in [1.54, 1.807) is 18.2 Å². The van der Waals surface area contributed by atoms with Crippen LogP contribution in [0.15, 0.2) is 54.6 Å². The molecule has 0 saturated heterocycles. The van der Waals surface area contributed by atoms with Gasteiger partial charge < -0.3 is 15.6 Å². The van der Waals surface area contributed by atoms with Gasteiger partial charge in [0.25, 0.3) is 5.92 Å². The number of para-hydroxylation sites is 1. The van der Waals surface area contributed by atoms with Crippen LogP contribution < -0.4 is 10.5 Å². The molecule has 0 aliphatic carbocycles. The summed E-state index contributed by atoms with van der Waals surface area (Å²) in [5.74, 6) is -3.10. The second-order valence-electron chi connectivity index (χ2n) is 4.71. The molecule has 112 valence electrons. The van der Waals surface area contributed by atoms with Crippen molar-refractivity contribution in [3.63, 3.8) is 0 Å². The van der Waals surface area contributed by atoms with Crippen LogP contribution in [0.4, 0.5) is 8.78 Å². The highest BCUT2D eigenvalue weighted by Gasteiger charge is 2.38. The van der Waals surface area contributed by atoms with E-state index in [2.05, 4.69) is 0 Å². The van der Waals surface area contributed by atoms with E-state index < -0.39 is 18.6 Å². The molecule has 0 aliphatic rings. The van der Waals surface area contributed by atoms with Crippen molar-refractivity contribution < 1.29 is 18.6 Å². The van der Waals surface area contributed by atoms with Gasteiger partial charge in [0.05, 0.1) is 0 Å². The highest BCUT2D eigenvalue weighted by molar-refractivity contribution is 5.37. The van der Waals surface area contributed by atoms with Crippen LogP contribution in [0.2, 0.25) is 0 Å². The molecule has 3 N–H and O–H groups in total. The van der Waals surface area contributed by atoms with Gasteiger partial charge in [-0.25, -0.2) is 8.78 Å². The molecule has 1 atom stereocenters. The third-order valence-electron chi connectivity index (χ3n) is 3.16. The number of rotatable bonds is 6. The van der Waals surface area contributed by atoms with E-state index >= 15 is 0 Å². The Morgan fingerprint density at radius 1 is 1.05 bits per heavy atom. The molecule has 2 aromatic rings. The number of hydrogen-bond donors (Lipinski definition) is 2. The maximum Gasteiger partial charge on any atom is 0.289 e. The molecular weight excluding hydrogens is 276 g/mol. The largest absolute Gasteiger partial charge is 0.489 e. The molecular formula is C16H17F2NO2. The topological polar surface area (TPSA) is 55.5 Å². The van der Waals surface area contributed by atoms with Crippen LogP contribution in [0.1, 0.15) is 17.2 Å². The van der Waals surface area contributed by atoms with Crippen molar-refractivity contribution in [1.82, 2.24) is 0 Å². The van der Waals surface area contributed by atoms with Crippen molar-refractivity contribution in [3.8, 4) is 5.75 Å². The van der Waals surface area contributed by atoms with Crippen molar-refractivity contribution in [3.05, 3.63) is 65.7 Å². The van der Waals surface area contributed by atoms with Gasteiger partial charge >= 0.3 is 0 Å². The van der Waals surface area contributed by atoms with Crippen molar-refractivity contribution in [2.75, 3.05) is 6.61 Å². The van der Waals surface area contributed by atoms with E-state index in [1.165, 1.54) is 6.07 Å². The molecule has 0 heterocycles. The lowest BCUT2D eigenvalue weighted by atomic mass is 10.0. The van der Waals surface area contributed by atoms with Gasteiger partial charge in [-0.1, -0.05) is 48.5 Å². The van der Waals surface area contributed by atoms with E-state index in [1.807, 2.05) is 30.3 Å². The van der Waals surface area contributed by atoms with Crippen LogP contribution in [0.3, 0.4) is 0 Å². The van der Waals surface area contributed by atoms with Crippen LogP contribution in [-0.2, 0) is 6.61 Å². The van der Waals surface area contributed by atoms with Gasteiger partial charge in [0.2, 0.25) is 0 Å². The van der Waals surface area contributed by atoms with Gasteiger partial charge in [-0.15, -0.1) is 0 Å². The SMILES string of the molecule is N[C@H](c1ccccc1OCc1ccccc1)C(F)(F)CO. The number of alkyl halides is 2. The Bertz CT molecular complexity index is 575. The summed E-state index contributed by atoms with van der Waals surface area (Å²) in [7, 11) is 0. The zero-order chi connectivity index (χ0) is 15.3. The number of benzene rings is 2. The monoisotopic (exact) mass is 293 g/mol. The first-order valence-corrected chi connectivity index (χ1v) is 6.54. The standard InChI is InChI=1S/C16H17F2NO2/c17-16(18,11-20)15(19)13-8-4-5-9-14(13)21-10-12-6-2-1-3-7-12/h1-9,15,20H,10-11,19H2/t15-/m1/s1. The summed E-state index contributed by atoms with van der Waals surface area (Å²) >= 11 is 0. The molecule has 21 heavy (non-hydrogen) atoms. The first-order valence-electron chi connectivity index (χ1n) is 6.54. The first kappa shape index (κ1) is 15.4. The van der Waals surface area contributed by atoms with Crippen LogP contribution in [0.5, 0.6) is 5.75 Å². The number of aliphatic hydroxyl groups excluding tert-OH is 1. The van der Waals surface area contributed by atoms with Crippen molar-refractivity contribution >= 4 is 0 Å². The Kier molecular flexibility index (Phi) is 4.88. The molecule has 0 saturated carbocycles. The predicted molar refractivity (Wildman–Crippen MR) is 76.2 cm³/mol. The Morgan fingerprint density at radius 3 is 2.33 bits per heavy atom. The highest BCUT2D eigenvalue weighted by Crippen LogP contribution is 2.34. The molecule has 0 fully saturated rings. The Balaban J connectivity index is 2.17. The minimum Gasteiger partial charge on any atom is -0.489 e. The summed E-state index contributed by atoms with van der Waals surface area (Å²) in [5.41, 5.74) is 6.66. The number of hydrogen-bond acceptors (Lipinski definition) is 3. The fourth-order valence-electron chi connectivity index (χ4n) is 1.93. The van der Waals surface area contributed by atoms with Gasteiger partial charge in [-0.05, 0) is 11.6 Å². The average molecular weight is 293 g/mol. The molecule has 0 spiro atoms. The Hall–Kier alpha value is -1.98. The first-order chi connectivity index (χ1) is 10.0. The predicted octanol–water partition coefficient (Wildman–Crippen LogP) is 2.89. The van der Waals surface area contributed by atoms with E-state index in [4.69, 9.17) is 15.6 Å². The van der Waals surface area contributed by atoms with E-state index in [9.17, 15) is 8.78 Å². The van der Waals surface area contributed by atoms with Gasteiger partial charge in [-0.3, -0.25) is 0 Å². The van der Waals surface area contributed by atoms with Gasteiger partial charge in [0.15, 0.2) is 0 Å². The lowest BCUT2D eigenvalue weighted by molar-refractivity contribution is -0.0716. The quantitative estimate of drug-likeness (QED) is 0.861. The lowest BCUT2D eigenvalue weighted by Gasteiger charge is -2.23. The smallest absolute Gasteiger partial charge is 0.289 e. The number of ether oxygens (including phenoxy) is 1.